The van der Waals surface area contributed by atoms with Crippen molar-refractivity contribution in [2.45, 2.75) is 0 Å². The van der Waals surface area contributed by atoms with Crippen molar-refractivity contribution in [2.75, 3.05) is 10.6 Å². The number of nitrogen functional groups attached to an aromatic ring is 1. The molecule has 0 heterocycles. The zero-order valence-corrected chi connectivity index (χ0v) is 17.9. The van der Waals surface area contributed by atoms with Crippen LogP contribution in [0.15, 0.2) is 97.1 Å². The van der Waals surface area contributed by atoms with E-state index in [0.29, 0.717) is 0 Å². The van der Waals surface area contributed by atoms with E-state index >= 15 is 0 Å². The molecule has 164 valence electrons. The number of hydrogen-bond acceptors (Lipinski definition) is 5. The van der Waals surface area contributed by atoms with Gasteiger partial charge in [-0.1, -0.05) is 60.7 Å². The van der Waals surface area contributed by atoms with E-state index in [1.807, 2.05) is 0 Å². The van der Waals surface area contributed by atoms with Crippen LogP contribution in [-0.2, 0) is 0 Å². The largest absolute Gasteiger partial charge is 0.398 e. The molecule has 0 bridgehead atoms. The van der Waals surface area contributed by atoms with E-state index in [2.05, 4.69) is 0 Å². The van der Waals surface area contributed by atoms with Gasteiger partial charge < -0.3 is 5.73 Å². The molecule has 0 atom stereocenters. The average Bonchev–Trinajstić information content (AvgIpc) is 2.88. The van der Waals surface area contributed by atoms with Gasteiger partial charge in [0.2, 0.25) is 0 Å². The highest BCUT2D eigenvalue weighted by atomic mass is 16.2. The number of rotatable bonds is 3. The van der Waals surface area contributed by atoms with E-state index in [9.17, 15) is 19.2 Å². The molecular weight excluding hydrogens is 428 g/mol. The van der Waals surface area contributed by atoms with Crippen LogP contribution in [0.3, 0.4) is 0 Å². The van der Waals surface area contributed by atoms with Gasteiger partial charge in [-0.15, -0.1) is 0 Å². The van der Waals surface area contributed by atoms with Gasteiger partial charge in [-0.2, -0.15) is 0 Å². The molecule has 4 aromatic rings. The number of fused-ring (bicyclic) bond motifs is 2. The van der Waals surface area contributed by atoms with Crippen molar-refractivity contribution in [3.05, 3.63) is 130 Å². The Morgan fingerprint density at radius 3 is 1.62 bits per heavy atom. The molecule has 6 nitrogen and oxygen atoms in total. The summed E-state index contributed by atoms with van der Waals surface area (Å²) in [6.07, 6.45) is 0. The molecule has 6 heteroatoms. The first-order chi connectivity index (χ1) is 16.5. The third-order valence-electron chi connectivity index (χ3n) is 5.77. The van der Waals surface area contributed by atoms with Gasteiger partial charge in [0.25, 0.3) is 11.8 Å². The average molecular weight is 446 g/mol. The smallest absolute Gasteiger partial charge is 0.265 e. The minimum Gasteiger partial charge on any atom is -0.398 e. The molecule has 0 saturated carbocycles. The normalized spacial score (nSPS) is 12.0. The summed E-state index contributed by atoms with van der Waals surface area (Å²) >= 11 is 0. The number of imide groups is 1. The summed E-state index contributed by atoms with van der Waals surface area (Å²) in [5, 5.41) is 0. The molecule has 0 aromatic heterocycles. The number of nitrogens with zero attached hydrogens (tertiary/aromatic N) is 1. The Labute approximate surface area is 195 Å². The number of hydrogen-bond donors (Lipinski definition) is 1. The maximum absolute atomic E-state index is 13.6. The molecule has 34 heavy (non-hydrogen) atoms. The standard InChI is InChI=1S/C28H18N2O4/c29-21-15-7-13-19-23(21)26(32)24-20(25(19)31)14-8-16-22(24)30(27(33)17-9-3-1-4-10-17)28(34)18-11-5-2-6-12-18/h1-16H,29H2. The van der Waals surface area contributed by atoms with Crippen LogP contribution >= 0.6 is 0 Å². The molecule has 2 amide bonds. The Hall–Kier alpha value is -4.84. The first-order valence-electron chi connectivity index (χ1n) is 10.6. The van der Waals surface area contributed by atoms with Crippen molar-refractivity contribution < 1.29 is 19.2 Å². The SMILES string of the molecule is Nc1cccc2c1C(=O)c1c(cccc1N(C(=O)c1ccccc1)C(=O)c1ccccc1)C2=O. The molecule has 0 fully saturated rings. The van der Waals surface area contributed by atoms with Crippen LogP contribution in [0.2, 0.25) is 0 Å². The van der Waals surface area contributed by atoms with Crippen LogP contribution in [0.4, 0.5) is 11.4 Å². The molecule has 0 radical (unpaired) electrons. The van der Waals surface area contributed by atoms with E-state index in [4.69, 9.17) is 5.73 Å². The van der Waals surface area contributed by atoms with E-state index < -0.39 is 23.4 Å². The summed E-state index contributed by atoms with van der Waals surface area (Å²) in [7, 11) is 0. The van der Waals surface area contributed by atoms with Crippen LogP contribution in [0.1, 0.15) is 52.6 Å². The quantitative estimate of drug-likeness (QED) is 0.324. The Morgan fingerprint density at radius 1 is 0.559 bits per heavy atom. The first-order valence-corrected chi connectivity index (χ1v) is 10.6. The van der Waals surface area contributed by atoms with Gasteiger partial charge in [0.15, 0.2) is 11.6 Å². The van der Waals surface area contributed by atoms with Crippen LogP contribution in [0.5, 0.6) is 0 Å². The second-order valence-electron chi connectivity index (χ2n) is 7.81. The summed E-state index contributed by atoms with van der Waals surface area (Å²) in [5.41, 5.74) is 7.15. The van der Waals surface area contributed by atoms with Gasteiger partial charge in [-0.05, 0) is 36.4 Å². The van der Waals surface area contributed by atoms with E-state index in [1.54, 1.807) is 84.9 Å². The van der Waals surface area contributed by atoms with Crippen LogP contribution < -0.4 is 10.6 Å². The molecule has 0 saturated heterocycles. The summed E-state index contributed by atoms with van der Waals surface area (Å²) in [6.45, 7) is 0. The van der Waals surface area contributed by atoms with Crippen LogP contribution in [-0.4, -0.2) is 23.4 Å². The van der Waals surface area contributed by atoms with Gasteiger partial charge in [0.05, 0.1) is 16.8 Å². The van der Waals surface area contributed by atoms with Crippen molar-refractivity contribution in [1.82, 2.24) is 0 Å². The monoisotopic (exact) mass is 446 g/mol. The second kappa shape index (κ2) is 8.26. The predicted molar refractivity (Wildman–Crippen MR) is 128 cm³/mol. The molecule has 4 aromatic carbocycles. The second-order valence-corrected chi connectivity index (χ2v) is 7.81. The molecule has 0 unspecified atom stereocenters. The number of carbonyl (C=O) groups excluding carboxylic acids is 4. The number of anilines is 2. The van der Waals surface area contributed by atoms with Crippen molar-refractivity contribution in [2.24, 2.45) is 0 Å². The Bertz CT molecular complexity index is 1430. The molecular formula is C28H18N2O4. The zero-order chi connectivity index (χ0) is 23.8. The minimum absolute atomic E-state index is 0.0218. The third kappa shape index (κ3) is 3.29. The Kier molecular flexibility index (Phi) is 5.11. The first kappa shape index (κ1) is 21.0. The zero-order valence-electron chi connectivity index (χ0n) is 17.9. The molecule has 2 N–H and O–H groups in total. The number of benzene rings is 4. The lowest BCUT2D eigenvalue weighted by Gasteiger charge is -2.27. The van der Waals surface area contributed by atoms with Crippen molar-refractivity contribution in [3.63, 3.8) is 0 Å². The highest BCUT2D eigenvalue weighted by molar-refractivity contribution is 6.35. The lowest BCUT2D eigenvalue weighted by atomic mass is 9.82. The van der Waals surface area contributed by atoms with E-state index in [0.717, 1.165) is 4.90 Å². The van der Waals surface area contributed by atoms with E-state index in [-0.39, 0.29) is 44.8 Å². The summed E-state index contributed by atoms with van der Waals surface area (Å²) in [6, 6.07) is 25.9. The fourth-order valence-electron chi connectivity index (χ4n) is 4.17. The van der Waals surface area contributed by atoms with Gasteiger partial charge >= 0.3 is 0 Å². The van der Waals surface area contributed by atoms with Gasteiger partial charge in [-0.25, -0.2) is 4.90 Å². The predicted octanol–water partition coefficient (Wildman–Crippen LogP) is 4.53. The van der Waals surface area contributed by atoms with Crippen molar-refractivity contribution in [3.8, 4) is 0 Å². The fraction of sp³-hybridized carbons (Fsp3) is 0. The Morgan fingerprint density at radius 2 is 1.06 bits per heavy atom. The number of carbonyl (C=O) groups is 4. The van der Waals surface area contributed by atoms with Crippen molar-refractivity contribution in [1.29, 1.82) is 0 Å². The van der Waals surface area contributed by atoms with Gasteiger partial charge in [0, 0.05) is 27.9 Å². The molecule has 0 aliphatic heterocycles. The highest BCUT2D eigenvalue weighted by Crippen LogP contribution is 2.37. The molecule has 5 rings (SSSR count). The van der Waals surface area contributed by atoms with Crippen molar-refractivity contribution >= 4 is 34.8 Å². The molecule has 1 aliphatic rings. The lowest BCUT2D eigenvalue weighted by molar-refractivity contribution is 0.0895. The lowest BCUT2D eigenvalue weighted by Crippen LogP contribution is -2.39. The summed E-state index contributed by atoms with van der Waals surface area (Å²) in [4.78, 5) is 55.1. The van der Waals surface area contributed by atoms with Gasteiger partial charge in [0.1, 0.15) is 0 Å². The van der Waals surface area contributed by atoms with Crippen LogP contribution in [0, 0.1) is 0 Å². The van der Waals surface area contributed by atoms with Crippen LogP contribution in [0.25, 0.3) is 0 Å². The number of amides is 2. The fourth-order valence-corrected chi connectivity index (χ4v) is 4.17. The molecule has 1 aliphatic carbocycles. The highest BCUT2D eigenvalue weighted by Gasteiger charge is 2.37. The van der Waals surface area contributed by atoms with E-state index in [1.165, 1.54) is 12.1 Å². The molecule has 0 spiro atoms. The number of ketones is 2. The Balaban J connectivity index is 1.75. The maximum Gasteiger partial charge on any atom is 0.265 e. The topological polar surface area (TPSA) is 97.5 Å². The maximum atomic E-state index is 13.6. The third-order valence-corrected chi connectivity index (χ3v) is 5.77. The van der Waals surface area contributed by atoms with Gasteiger partial charge in [-0.3, -0.25) is 19.2 Å². The summed E-state index contributed by atoms with van der Waals surface area (Å²) < 4.78 is 0. The minimum atomic E-state index is -0.616. The number of nitrogens with two attached hydrogens (primary N) is 1. The summed E-state index contributed by atoms with van der Waals surface area (Å²) in [5.74, 6) is -2.13.